The van der Waals surface area contributed by atoms with E-state index in [1.54, 1.807) is 12.1 Å². The molecule has 0 aliphatic carbocycles. The van der Waals surface area contributed by atoms with E-state index in [0.29, 0.717) is 17.4 Å². The van der Waals surface area contributed by atoms with Gasteiger partial charge in [-0.25, -0.2) is 9.78 Å². The van der Waals surface area contributed by atoms with Gasteiger partial charge in [0.15, 0.2) is 0 Å². The summed E-state index contributed by atoms with van der Waals surface area (Å²) < 4.78 is 9.88. The van der Waals surface area contributed by atoms with E-state index in [4.69, 9.17) is 10.5 Å². The summed E-state index contributed by atoms with van der Waals surface area (Å²) in [4.78, 5) is 21.2. The molecule has 4 rings (SSSR count). The van der Waals surface area contributed by atoms with E-state index in [0.717, 1.165) is 64.0 Å². The van der Waals surface area contributed by atoms with E-state index < -0.39 is 0 Å². The van der Waals surface area contributed by atoms with Crippen LogP contribution in [0.25, 0.3) is 22.3 Å². The number of rotatable bonds is 8. The summed E-state index contributed by atoms with van der Waals surface area (Å²) in [5.41, 5.74) is 12.2. The van der Waals surface area contributed by atoms with Crippen molar-refractivity contribution < 1.29 is 9.53 Å². The van der Waals surface area contributed by atoms with Gasteiger partial charge >= 0.3 is 5.97 Å². The van der Waals surface area contributed by atoms with Crippen LogP contribution in [0.1, 0.15) is 41.5 Å². The standard InChI is InChI=1S/C25H29BrN6O2/c1-15(14-32-23-12-18(26)8-9-20(23)30-25(32)27)6-5-7-22-19(13-28-31(22)3)21-11-17(24(33)34-4)10-16(2)29-21/h8-13,15H,5-7,14H2,1-4H3,(H2,27,30). The molecule has 0 saturated heterocycles. The first-order valence-corrected chi connectivity index (χ1v) is 12.1. The topological polar surface area (TPSA) is 101 Å². The van der Waals surface area contributed by atoms with Gasteiger partial charge in [-0.05, 0) is 62.4 Å². The summed E-state index contributed by atoms with van der Waals surface area (Å²) in [6.45, 7) is 4.91. The van der Waals surface area contributed by atoms with Gasteiger partial charge in [0, 0.05) is 35.0 Å². The molecule has 34 heavy (non-hydrogen) atoms. The maximum absolute atomic E-state index is 12.1. The van der Waals surface area contributed by atoms with Gasteiger partial charge in [0.1, 0.15) is 0 Å². The Kier molecular flexibility index (Phi) is 7.02. The number of pyridine rings is 1. The second kappa shape index (κ2) is 9.97. The number of benzene rings is 1. The molecule has 8 nitrogen and oxygen atoms in total. The number of fused-ring (bicyclic) bond motifs is 1. The van der Waals surface area contributed by atoms with E-state index in [2.05, 4.69) is 48.6 Å². The fraction of sp³-hybridized carbons (Fsp3) is 0.360. The fourth-order valence-corrected chi connectivity index (χ4v) is 4.69. The molecule has 0 saturated carbocycles. The first-order chi connectivity index (χ1) is 16.3. The lowest BCUT2D eigenvalue weighted by atomic mass is 10.0. The van der Waals surface area contributed by atoms with Crippen molar-refractivity contribution in [3.63, 3.8) is 0 Å². The second-order valence-corrected chi connectivity index (χ2v) is 9.63. The molecule has 1 aromatic carbocycles. The molecular weight excluding hydrogens is 496 g/mol. The quantitative estimate of drug-likeness (QED) is 0.328. The van der Waals surface area contributed by atoms with Gasteiger partial charge in [-0.1, -0.05) is 22.9 Å². The van der Waals surface area contributed by atoms with Gasteiger partial charge in [0.2, 0.25) is 5.95 Å². The van der Waals surface area contributed by atoms with Crippen LogP contribution in [0.4, 0.5) is 5.95 Å². The minimum Gasteiger partial charge on any atom is -0.465 e. The van der Waals surface area contributed by atoms with E-state index in [-0.39, 0.29) is 5.97 Å². The lowest BCUT2D eigenvalue weighted by molar-refractivity contribution is 0.0600. The third-order valence-electron chi connectivity index (χ3n) is 6.06. The average molecular weight is 525 g/mol. The first kappa shape index (κ1) is 23.9. The number of hydrogen-bond acceptors (Lipinski definition) is 6. The van der Waals surface area contributed by atoms with Crippen molar-refractivity contribution in [3.8, 4) is 11.3 Å². The highest BCUT2D eigenvalue weighted by atomic mass is 79.9. The number of carbonyl (C=O) groups excluding carboxylic acids is 1. The number of ether oxygens (including phenoxy) is 1. The summed E-state index contributed by atoms with van der Waals surface area (Å²) in [6, 6.07) is 9.52. The molecular formula is C25H29BrN6O2. The van der Waals surface area contributed by atoms with E-state index in [1.807, 2.05) is 37.0 Å². The summed E-state index contributed by atoms with van der Waals surface area (Å²) in [5, 5.41) is 4.46. The Morgan fingerprint density at radius 3 is 2.79 bits per heavy atom. The number of aromatic nitrogens is 5. The molecule has 0 spiro atoms. The van der Waals surface area contributed by atoms with Crippen molar-refractivity contribution in [3.05, 3.63) is 58.0 Å². The zero-order chi connectivity index (χ0) is 24.4. The monoisotopic (exact) mass is 524 g/mol. The van der Waals surface area contributed by atoms with Gasteiger partial charge in [-0.2, -0.15) is 5.10 Å². The van der Waals surface area contributed by atoms with Crippen molar-refractivity contribution in [2.24, 2.45) is 13.0 Å². The lowest BCUT2D eigenvalue weighted by Gasteiger charge is -2.15. The Balaban J connectivity index is 1.46. The Hall–Kier alpha value is -3.20. The molecule has 0 aliphatic heterocycles. The number of aryl methyl sites for hydroxylation is 2. The van der Waals surface area contributed by atoms with Crippen molar-refractivity contribution >= 4 is 38.9 Å². The van der Waals surface area contributed by atoms with Gasteiger partial charge < -0.3 is 15.0 Å². The van der Waals surface area contributed by atoms with Crippen LogP contribution in [0.3, 0.4) is 0 Å². The van der Waals surface area contributed by atoms with Crippen LogP contribution in [-0.4, -0.2) is 37.4 Å². The number of nitrogens with zero attached hydrogens (tertiary/aromatic N) is 5. The molecule has 3 aromatic heterocycles. The van der Waals surface area contributed by atoms with E-state index in [9.17, 15) is 4.79 Å². The van der Waals surface area contributed by atoms with E-state index >= 15 is 0 Å². The van der Waals surface area contributed by atoms with Crippen LogP contribution >= 0.6 is 15.9 Å². The third kappa shape index (κ3) is 4.99. The zero-order valence-corrected chi connectivity index (χ0v) is 21.5. The van der Waals surface area contributed by atoms with Crippen molar-refractivity contribution in [2.45, 2.75) is 39.7 Å². The highest BCUT2D eigenvalue weighted by Crippen LogP contribution is 2.27. The van der Waals surface area contributed by atoms with Crippen LogP contribution in [0.5, 0.6) is 0 Å². The smallest absolute Gasteiger partial charge is 0.337 e. The second-order valence-electron chi connectivity index (χ2n) is 8.71. The predicted octanol–water partition coefficient (Wildman–Crippen LogP) is 4.93. The van der Waals surface area contributed by atoms with Crippen LogP contribution < -0.4 is 5.73 Å². The SMILES string of the molecule is COC(=O)c1cc(C)nc(-c2cnn(C)c2CCCC(C)Cn2c(N)nc3ccc(Br)cc32)c1. The molecule has 0 bridgehead atoms. The first-order valence-electron chi connectivity index (χ1n) is 11.3. The number of esters is 1. The number of carbonyl (C=O) groups is 1. The third-order valence-corrected chi connectivity index (χ3v) is 6.55. The molecule has 178 valence electrons. The lowest BCUT2D eigenvalue weighted by Crippen LogP contribution is -2.11. The Bertz CT molecular complexity index is 1340. The Morgan fingerprint density at radius 1 is 1.24 bits per heavy atom. The van der Waals surface area contributed by atoms with Crippen LogP contribution in [0.2, 0.25) is 0 Å². The number of nitrogens with two attached hydrogens (primary N) is 1. The minimum atomic E-state index is -0.371. The number of methoxy groups -OCH3 is 1. The predicted molar refractivity (Wildman–Crippen MR) is 136 cm³/mol. The highest BCUT2D eigenvalue weighted by Gasteiger charge is 2.17. The van der Waals surface area contributed by atoms with Crippen LogP contribution in [0, 0.1) is 12.8 Å². The van der Waals surface area contributed by atoms with Crippen molar-refractivity contribution in [2.75, 3.05) is 12.8 Å². The molecule has 9 heteroatoms. The average Bonchev–Trinajstić information content (AvgIpc) is 3.32. The minimum absolute atomic E-state index is 0.371. The highest BCUT2D eigenvalue weighted by molar-refractivity contribution is 9.10. The molecule has 0 fully saturated rings. The van der Waals surface area contributed by atoms with E-state index in [1.165, 1.54) is 7.11 Å². The number of halogens is 1. The van der Waals surface area contributed by atoms with Crippen molar-refractivity contribution in [1.29, 1.82) is 0 Å². The molecule has 0 radical (unpaired) electrons. The van der Waals surface area contributed by atoms with Gasteiger partial charge in [-0.15, -0.1) is 0 Å². The fourth-order valence-electron chi connectivity index (χ4n) is 4.34. The van der Waals surface area contributed by atoms with Gasteiger partial charge in [0.25, 0.3) is 0 Å². The van der Waals surface area contributed by atoms with Crippen LogP contribution in [-0.2, 0) is 24.8 Å². The summed E-state index contributed by atoms with van der Waals surface area (Å²) in [6.07, 6.45) is 4.68. The summed E-state index contributed by atoms with van der Waals surface area (Å²) in [7, 11) is 3.32. The summed E-state index contributed by atoms with van der Waals surface area (Å²) in [5.74, 6) is 0.587. The molecule has 2 N–H and O–H groups in total. The van der Waals surface area contributed by atoms with Crippen LogP contribution in [0.15, 0.2) is 41.0 Å². The molecule has 1 unspecified atom stereocenters. The maximum Gasteiger partial charge on any atom is 0.337 e. The largest absolute Gasteiger partial charge is 0.465 e. The van der Waals surface area contributed by atoms with Gasteiger partial charge in [0.05, 0.1) is 35.6 Å². The number of hydrogen-bond donors (Lipinski definition) is 1. The normalized spacial score (nSPS) is 12.3. The number of imidazole rings is 1. The Labute approximate surface area is 207 Å². The van der Waals surface area contributed by atoms with Crippen molar-refractivity contribution in [1.82, 2.24) is 24.3 Å². The molecule has 1 atom stereocenters. The Morgan fingerprint density at radius 2 is 2.03 bits per heavy atom. The zero-order valence-electron chi connectivity index (χ0n) is 19.9. The number of nitrogen functional groups attached to an aromatic ring is 1. The molecule has 0 amide bonds. The summed E-state index contributed by atoms with van der Waals surface area (Å²) >= 11 is 3.54. The maximum atomic E-state index is 12.1. The molecule has 4 aromatic rings. The molecule has 3 heterocycles. The molecule has 0 aliphatic rings. The number of anilines is 1. The van der Waals surface area contributed by atoms with Gasteiger partial charge in [-0.3, -0.25) is 9.67 Å².